The number of rotatable bonds is 4. The van der Waals surface area contributed by atoms with Gasteiger partial charge in [-0.15, -0.1) is 0 Å². The van der Waals surface area contributed by atoms with E-state index in [4.69, 9.17) is 14.5 Å². The molecule has 4 aromatic carbocycles. The fourth-order valence-electron chi connectivity index (χ4n) is 6.07. The molecule has 1 spiro atoms. The fraction of sp³-hybridized carbons (Fsp3) is 0.182. The molecular weight excluding hydrogens is 486 g/mol. The summed E-state index contributed by atoms with van der Waals surface area (Å²) in [4.78, 5) is 24.7. The third-order valence-corrected chi connectivity index (χ3v) is 7.97. The Hall–Kier alpha value is -4.71. The predicted molar refractivity (Wildman–Crippen MR) is 152 cm³/mol. The monoisotopic (exact) mass is 513 g/mol. The third-order valence-electron chi connectivity index (χ3n) is 7.97. The number of hydrogen-bond acceptors (Lipinski definition) is 6. The highest BCUT2D eigenvalue weighted by molar-refractivity contribution is 5.98. The van der Waals surface area contributed by atoms with Crippen molar-refractivity contribution in [3.8, 4) is 22.8 Å². The van der Waals surface area contributed by atoms with Gasteiger partial charge in [0.1, 0.15) is 17.8 Å². The number of nitrogens with zero attached hydrogens (tertiary/aromatic N) is 3. The molecule has 5 aromatic rings. The van der Waals surface area contributed by atoms with Crippen LogP contribution in [0.3, 0.4) is 0 Å². The molecule has 1 atom stereocenters. The summed E-state index contributed by atoms with van der Waals surface area (Å²) in [6.45, 7) is 8.09. The molecule has 192 valence electrons. The Morgan fingerprint density at radius 3 is 2.41 bits per heavy atom. The van der Waals surface area contributed by atoms with Crippen molar-refractivity contribution in [2.75, 3.05) is 18.0 Å². The zero-order valence-electron chi connectivity index (χ0n) is 22.1. The second-order valence-electron chi connectivity index (χ2n) is 9.97. The number of fused-ring (bicyclic) bond motifs is 7. The van der Waals surface area contributed by atoms with Crippen molar-refractivity contribution in [3.63, 3.8) is 0 Å². The van der Waals surface area contributed by atoms with E-state index in [1.807, 2.05) is 60.7 Å². The summed E-state index contributed by atoms with van der Waals surface area (Å²) in [6.07, 6.45) is 1.60. The van der Waals surface area contributed by atoms with Gasteiger partial charge in [-0.25, -0.2) is 14.8 Å². The Morgan fingerprint density at radius 1 is 0.795 bits per heavy atom. The third kappa shape index (κ3) is 3.31. The van der Waals surface area contributed by atoms with Crippen molar-refractivity contribution >= 4 is 22.6 Å². The number of carbonyl (C=O) groups is 1. The van der Waals surface area contributed by atoms with Gasteiger partial charge in [0.2, 0.25) is 0 Å². The van der Waals surface area contributed by atoms with Crippen molar-refractivity contribution in [3.05, 3.63) is 113 Å². The van der Waals surface area contributed by atoms with Crippen molar-refractivity contribution in [1.29, 1.82) is 0 Å². The molecule has 0 fully saturated rings. The van der Waals surface area contributed by atoms with Gasteiger partial charge in [-0.1, -0.05) is 36.4 Å². The predicted octanol–water partition coefficient (Wildman–Crippen LogP) is 7.02. The van der Waals surface area contributed by atoms with Gasteiger partial charge in [0.25, 0.3) is 0 Å². The number of benzene rings is 4. The Labute approximate surface area is 226 Å². The van der Waals surface area contributed by atoms with Crippen LogP contribution in [0.1, 0.15) is 46.5 Å². The summed E-state index contributed by atoms with van der Waals surface area (Å²) in [7, 11) is 0. The van der Waals surface area contributed by atoms with E-state index >= 15 is 0 Å². The Kier molecular flexibility index (Phi) is 5.20. The molecule has 0 saturated carbocycles. The van der Waals surface area contributed by atoms with Gasteiger partial charge in [0.05, 0.1) is 16.8 Å². The van der Waals surface area contributed by atoms with E-state index in [1.165, 1.54) is 0 Å². The van der Waals surface area contributed by atoms with Crippen LogP contribution in [0.2, 0.25) is 0 Å². The minimum atomic E-state index is -1.14. The summed E-state index contributed by atoms with van der Waals surface area (Å²) in [5.74, 6) is 1.02. The molecule has 0 amide bonds. The first kappa shape index (κ1) is 23.4. The Balaban J connectivity index is 1.52. The maximum Gasteiger partial charge on any atom is 0.340 e. The summed E-state index contributed by atoms with van der Waals surface area (Å²) in [5, 5.41) is 0.960. The minimum Gasteiger partial charge on any atom is -0.456 e. The Bertz CT molecular complexity index is 1790. The van der Waals surface area contributed by atoms with E-state index in [1.54, 1.807) is 6.33 Å². The van der Waals surface area contributed by atoms with Crippen LogP contribution in [-0.4, -0.2) is 29.0 Å². The van der Waals surface area contributed by atoms with Crippen LogP contribution in [-0.2, 0) is 10.3 Å². The molecule has 39 heavy (non-hydrogen) atoms. The second kappa shape index (κ2) is 8.67. The first-order valence-corrected chi connectivity index (χ1v) is 13.3. The van der Waals surface area contributed by atoms with Gasteiger partial charge in [-0.3, -0.25) is 0 Å². The molecule has 0 aliphatic carbocycles. The number of anilines is 1. The molecule has 7 rings (SSSR count). The molecular formula is C33H27N3O3. The van der Waals surface area contributed by atoms with Crippen LogP contribution in [0, 0.1) is 6.92 Å². The number of esters is 1. The summed E-state index contributed by atoms with van der Waals surface area (Å²) < 4.78 is 13.0. The second-order valence-corrected chi connectivity index (χ2v) is 9.97. The molecule has 6 nitrogen and oxygen atoms in total. The number of aromatic nitrogens is 2. The lowest BCUT2D eigenvalue weighted by Crippen LogP contribution is -2.33. The lowest BCUT2D eigenvalue weighted by Gasteiger charge is -2.37. The Morgan fingerprint density at radius 2 is 1.56 bits per heavy atom. The molecule has 0 saturated heterocycles. The smallest absolute Gasteiger partial charge is 0.340 e. The van der Waals surface area contributed by atoms with E-state index in [2.05, 4.69) is 48.9 Å². The fourth-order valence-corrected chi connectivity index (χ4v) is 6.07. The van der Waals surface area contributed by atoms with E-state index in [0.717, 1.165) is 63.2 Å². The van der Waals surface area contributed by atoms with Crippen LogP contribution in [0.5, 0.6) is 11.5 Å². The number of ether oxygens (including phenoxy) is 2. The van der Waals surface area contributed by atoms with Crippen LogP contribution >= 0.6 is 0 Å². The quantitative estimate of drug-likeness (QED) is 0.241. The largest absolute Gasteiger partial charge is 0.456 e. The topological polar surface area (TPSA) is 64.6 Å². The first-order chi connectivity index (χ1) is 19.0. The standard InChI is InChI=1S/C33H27N3O3/c1-4-36(5-2)21-14-15-26-30(17-21)38-29-16-20(3)24(31-23-11-7-9-13-28(23)34-19-35-31)18-27(29)33(26)25-12-8-6-10-22(25)32(37)39-33/h6-19H,4-5H2,1-3H3. The number of para-hydroxylation sites is 1. The molecule has 6 heteroatoms. The number of hydrogen-bond donors (Lipinski definition) is 0. The SMILES string of the molecule is CCN(CC)c1ccc2c(c1)Oc1cc(C)c(-c3ncnc4ccccc34)cc1C21OC(=O)c2ccccc21. The normalized spacial score (nSPS) is 16.8. The maximum absolute atomic E-state index is 13.3. The van der Waals surface area contributed by atoms with Gasteiger partial charge >= 0.3 is 5.97 Å². The van der Waals surface area contributed by atoms with Crippen molar-refractivity contribution in [2.45, 2.75) is 26.4 Å². The lowest BCUT2D eigenvalue weighted by molar-refractivity contribution is 0.0224. The highest BCUT2D eigenvalue weighted by Crippen LogP contribution is 2.57. The molecule has 2 aliphatic heterocycles. The van der Waals surface area contributed by atoms with Gasteiger partial charge in [0.15, 0.2) is 5.60 Å². The summed E-state index contributed by atoms with van der Waals surface area (Å²) in [6, 6.07) is 25.9. The van der Waals surface area contributed by atoms with Crippen LogP contribution in [0.4, 0.5) is 5.69 Å². The van der Waals surface area contributed by atoms with Gasteiger partial charge < -0.3 is 14.4 Å². The van der Waals surface area contributed by atoms with E-state index < -0.39 is 5.60 Å². The van der Waals surface area contributed by atoms with Gasteiger partial charge in [-0.05, 0) is 62.7 Å². The number of aryl methyl sites for hydroxylation is 1. The first-order valence-electron chi connectivity index (χ1n) is 13.3. The van der Waals surface area contributed by atoms with Crippen molar-refractivity contribution in [2.24, 2.45) is 0 Å². The molecule has 3 heterocycles. The molecule has 1 aromatic heterocycles. The van der Waals surface area contributed by atoms with E-state index in [-0.39, 0.29) is 5.97 Å². The molecule has 0 radical (unpaired) electrons. The maximum atomic E-state index is 13.3. The number of carbonyl (C=O) groups excluding carboxylic acids is 1. The average Bonchev–Trinajstić information content (AvgIpc) is 3.26. The molecule has 2 aliphatic rings. The van der Waals surface area contributed by atoms with Crippen LogP contribution in [0.25, 0.3) is 22.2 Å². The van der Waals surface area contributed by atoms with Crippen LogP contribution < -0.4 is 9.64 Å². The van der Waals surface area contributed by atoms with E-state index in [9.17, 15) is 4.79 Å². The highest BCUT2D eigenvalue weighted by Gasteiger charge is 2.53. The van der Waals surface area contributed by atoms with Crippen LogP contribution in [0.15, 0.2) is 85.2 Å². The van der Waals surface area contributed by atoms with E-state index in [0.29, 0.717) is 17.1 Å². The van der Waals surface area contributed by atoms with Gasteiger partial charge in [-0.2, -0.15) is 0 Å². The van der Waals surface area contributed by atoms with Crippen molar-refractivity contribution < 1.29 is 14.3 Å². The summed E-state index contributed by atoms with van der Waals surface area (Å²) >= 11 is 0. The molecule has 1 unspecified atom stereocenters. The van der Waals surface area contributed by atoms with Gasteiger partial charge in [0, 0.05) is 52.5 Å². The molecule has 0 bridgehead atoms. The zero-order chi connectivity index (χ0) is 26.7. The minimum absolute atomic E-state index is 0.341. The zero-order valence-corrected chi connectivity index (χ0v) is 22.1. The highest BCUT2D eigenvalue weighted by atomic mass is 16.6. The summed E-state index contributed by atoms with van der Waals surface area (Å²) in [5.41, 5.74) is 6.57. The lowest BCUT2D eigenvalue weighted by atomic mass is 9.76. The molecule has 0 N–H and O–H groups in total. The average molecular weight is 514 g/mol. The van der Waals surface area contributed by atoms with Crippen molar-refractivity contribution in [1.82, 2.24) is 9.97 Å².